The van der Waals surface area contributed by atoms with Gasteiger partial charge in [0.15, 0.2) is 0 Å². The van der Waals surface area contributed by atoms with Crippen LogP contribution in [0.2, 0.25) is 0 Å². The van der Waals surface area contributed by atoms with Crippen molar-refractivity contribution in [3.63, 3.8) is 0 Å². The van der Waals surface area contributed by atoms with Gasteiger partial charge in [0.25, 0.3) is 0 Å². The first kappa shape index (κ1) is 18.5. The number of nitrogens with zero attached hydrogens (tertiary/aromatic N) is 5. The van der Waals surface area contributed by atoms with Crippen molar-refractivity contribution in [2.45, 2.75) is 32.2 Å². The summed E-state index contributed by atoms with van der Waals surface area (Å²) in [5.74, 6) is 1.92. The molecule has 0 spiro atoms. The minimum absolute atomic E-state index is 0.234. The molecule has 0 bridgehead atoms. The fourth-order valence-electron chi connectivity index (χ4n) is 4.99. The van der Waals surface area contributed by atoms with E-state index in [1.807, 2.05) is 18.5 Å². The number of carbonyl (C=O) groups is 1. The summed E-state index contributed by atoms with van der Waals surface area (Å²) in [5.41, 5.74) is 0.830. The third kappa shape index (κ3) is 3.85. The molecule has 5 rings (SSSR count). The lowest BCUT2D eigenvalue weighted by Crippen LogP contribution is -2.48. The summed E-state index contributed by atoms with van der Waals surface area (Å²) in [6.07, 6.45) is 11.8. The molecule has 0 radical (unpaired) electrons. The molecule has 1 amide bonds. The largest absolute Gasteiger partial charge is 0.355 e. The number of amides is 1. The lowest BCUT2D eigenvalue weighted by Gasteiger charge is -2.32. The number of hydrogen-bond donors (Lipinski definition) is 2. The van der Waals surface area contributed by atoms with Gasteiger partial charge in [-0.15, -0.1) is 0 Å². The summed E-state index contributed by atoms with van der Waals surface area (Å²) >= 11 is 0. The highest BCUT2D eigenvalue weighted by molar-refractivity contribution is 5.84. The Morgan fingerprint density at radius 2 is 2.14 bits per heavy atom. The molecule has 8 heteroatoms. The molecule has 2 atom stereocenters. The summed E-state index contributed by atoms with van der Waals surface area (Å²) in [7, 11) is 0. The van der Waals surface area contributed by atoms with Gasteiger partial charge in [-0.1, -0.05) is 0 Å². The van der Waals surface area contributed by atoms with Crippen LogP contribution in [0.3, 0.4) is 0 Å². The number of anilines is 1. The second kappa shape index (κ2) is 7.74. The number of nitrogens with one attached hydrogen (secondary N) is 2. The standard InChI is InChI=1S/C21H29N7O/c29-19(24-9-16-3-4-16)21-5-1-8-27(12-17-10-25-26-11-17)13-18(21)14-28(15-21)20-22-6-2-7-23-20/h2,6-7,10-11,16,18H,1,3-5,8-9,12-15H2,(H,24,29)(H,25,26)/t18-,21-/m0/s1. The first-order chi connectivity index (χ1) is 14.2. The zero-order valence-electron chi connectivity index (χ0n) is 16.8. The van der Waals surface area contributed by atoms with Crippen LogP contribution < -0.4 is 10.2 Å². The number of H-pyrrole nitrogens is 1. The topological polar surface area (TPSA) is 90.0 Å². The Balaban J connectivity index is 1.37. The van der Waals surface area contributed by atoms with Crippen LogP contribution in [0.1, 0.15) is 31.2 Å². The Morgan fingerprint density at radius 3 is 2.90 bits per heavy atom. The third-order valence-corrected chi connectivity index (χ3v) is 6.77. The van der Waals surface area contributed by atoms with E-state index in [1.165, 1.54) is 18.4 Å². The fraction of sp³-hybridized carbons (Fsp3) is 0.619. The van der Waals surface area contributed by atoms with Crippen LogP contribution >= 0.6 is 0 Å². The maximum atomic E-state index is 13.5. The predicted molar refractivity (Wildman–Crippen MR) is 109 cm³/mol. The van der Waals surface area contributed by atoms with Gasteiger partial charge < -0.3 is 10.2 Å². The molecule has 1 saturated carbocycles. The third-order valence-electron chi connectivity index (χ3n) is 6.77. The van der Waals surface area contributed by atoms with Gasteiger partial charge in [0.2, 0.25) is 11.9 Å². The van der Waals surface area contributed by atoms with E-state index in [-0.39, 0.29) is 17.2 Å². The molecule has 3 aliphatic rings. The maximum absolute atomic E-state index is 13.5. The predicted octanol–water partition coefficient (Wildman–Crippen LogP) is 1.44. The van der Waals surface area contributed by atoms with E-state index in [4.69, 9.17) is 0 Å². The number of aromatic amines is 1. The minimum Gasteiger partial charge on any atom is -0.355 e. The normalized spacial score (nSPS) is 27.4. The molecule has 4 heterocycles. The molecule has 3 fully saturated rings. The summed E-state index contributed by atoms with van der Waals surface area (Å²) in [5, 5.41) is 10.3. The number of rotatable bonds is 6. The van der Waals surface area contributed by atoms with E-state index in [9.17, 15) is 4.79 Å². The molecule has 154 valence electrons. The number of fused-ring (bicyclic) bond motifs is 1. The number of carbonyl (C=O) groups excluding carboxylic acids is 1. The fourth-order valence-corrected chi connectivity index (χ4v) is 4.99. The molecule has 8 nitrogen and oxygen atoms in total. The molecule has 0 aromatic carbocycles. The SMILES string of the molecule is O=C(NCC1CC1)[C@]12CCCN(Cc3cn[nH]c3)C[C@H]1CN(c1ncccn1)C2. The van der Waals surface area contributed by atoms with Crippen LogP contribution in [-0.2, 0) is 11.3 Å². The Hall–Kier alpha value is -2.48. The zero-order chi connectivity index (χ0) is 19.7. The summed E-state index contributed by atoms with van der Waals surface area (Å²) in [4.78, 5) is 27.1. The lowest BCUT2D eigenvalue weighted by atomic mass is 9.74. The second-order valence-corrected chi connectivity index (χ2v) is 8.88. The summed E-state index contributed by atoms with van der Waals surface area (Å²) in [6, 6.07) is 1.84. The van der Waals surface area contributed by atoms with Crippen LogP contribution in [0.15, 0.2) is 30.9 Å². The Labute approximate surface area is 171 Å². The van der Waals surface area contributed by atoms with Gasteiger partial charge in [-0.3, -0.25) is 14.8 Å². The highest BCUT2D eigenvalue weighted by atomic mass is 16.2. The van der Waals surface area contributed by atoms with Gasteiger partial charge in [0.05, 0.1) is 11.6 Å². The molecule has 2 aromatic rings. The van der Waals surface area contributed by atoms with Gasteiger partial charge >= 0.3 is 0 Å². The second-order valence-electron chi connectivity index (χ2n) is 8.88. The van der Waals surface area contributed by atoms with E-state index in [1.54, 1.807) is 12.4 Å². The lowest BCUT2D eigenvalue weighted by molar-refractivity contribution is -0.132. The van der Waals surface area contributed by atoms with E-state index in [0.717, 1.165) is 51.5 Å². The minimum atomic E-state index is -0.362. The van der Waals surface area contributed by atoms with E-state index in [0.29, 0.717) is 12.5 Å². The average molecular weight is 396 g/mol. The average Bonchev–Trinajstić information content (AvgIpc) is 3.36. The summed E-state index contributed by atoms with van der Waals surface area (Å²) < 4.78 is 0. The summed E-state index contributed by atoms with van der Waals surface area (Å²) in [6.45, 7) is 5.15. The maximum Gasteiger partial charge on any atom is 0.228 e. The Morgan fingerprint density at radius 1 is 1.28 bits per heavy atom. The monoisotopic (exact) mass is 395 g/mol. The zero-order valence-corrected chi connectivity index (χ0v) is 16.8. The van der Waals surface area contributed by atoms with Crippen LogP contribution in [-0.4, -0.2) is 63.7 Å². The number of aromatic nitrogens is 4. The molecule has 2 aliphatic heterocycles. The van der Waals surface area contributed by atoms with Crippen molar-refractivity contribution in [3.8, 4) is 0 Å². The van der Waals surface area contributed by atoms with Crippen molar-refractivity contribution >= 4 is 11.9 Å². The van der Waals surface area contributed by atoms with Crippen LogP contribution in [0, 0.1) is 17.3 Å². The van der Waals surface area contributed by atoms with E-state index < -0.39 is 0 Å². The van der Waals surface area contributed by atoms with Crippen LogP contribution in [0.4, 0.5) is 5.95 Å². The van der Waals surface area contributed by atoms with Gasteiger partial charge in [0.1, 0.15) is 0 Å². The van der Waals surface area contributed by atoms with Gasteiger partial charge in [-0.2, -0.15) is 5.10 Å². The van der Waals surface area contributed by atoms with Crippen molar-refractivity contribution in [3.05, 3.63) is 36.4 Å². The number of likely N-dealkylation sites (tertiary alicyclic amines) is 1. The van der Waals surface area contributed by atoms with Crippen molar-refractivity contribution in [2.24, 2.45) is 17.3 Å². The van der Waals surface area contributed by atoms with Crippen LogP contribution in [0.25, 0.3) is 0 Å². The Bertz CT molecular complexity index is 823. The molecule has 2 aromatic heterocycles. The molecule has 0 unspecified atom stereocenters. The van der Waals surface area contributed by atoms with Crippen molar-refractivity contribution < 1.29 is 4.79 Å². The van der Waals surface area contributed by atoms with Crippen molar-refractivity contribution in [2.75, 3.05) is 37.6 Å². The molecular formula is C21H29N7O. The first-order valence-electron chi connectivity index (χ1n) is 10.7. The first-order valence-corrected chi connectivity index (χ1v) is 10.7. The molecule has 2 N–H and O–H groups in total. The highest BCUT2D eigenvalue weighted by Crippen LogP contribution is 2.44. The Kier molecular flexibility index (Phi) is 4.95. The van der Waals surface area contributed by atoms with Gasteiger partial charge in [0, 0.05) is 62.8 Å². The van der Waals surface area contributed by atoms with Crippen molar-refractivity contribution in [1.82, 2.24) is 30.4 Å². The van der Waals surface area contributed by atoms with Gasteiger partial charge in [-0.25, -0.2) is 9.97 Å². The van der Waals surface area contributed by atoms with Crippen LogP contribution in [0.5, 0.6) is 0 Å². The van der Waals surface area contributed by atoms with E-state index in [2.05, 4.69) is 35.3 Å². The van der Waals surface area contributed by atoms with Crippen molar-refractivity contribution in [1.29, 1.82) is 0 Å². The molecule has 1 aliphatic carbocycles. The smallest absolute Gasteiger partial charge is 0.228 e. The molecular weight excluding hydrogens is 366 g/mol. The number of hydrogen-bond acceptors (Lipinski definition) is 6. The van der Waals surface area contributed by atoms with E-state index >= 15 is 0 Å². The molecule has 29 heavy (non-hydrogen) atoms. The quantitative estimate of drug-likeness (QED) is 0.769. The highest BCUT2D eigenvalue weighted by Gasteiger charge is 2.53. The molecule has 2 saturated heterocycles. The van der Waals surface area contributed by atoms with Gasteiger partial charge in [-0.05, 0) is 44.2 Å².